The maximum Gasteiger partial charge on any atom is 0.266 e. The number of aliphatic hydroxyl groups is 1. The van der Waals surface area contributed by atoms with Gasteiger partial charge in [-0.05, 0) is 35.8 Å². The standard InChI is InChI=1S/C21H19FN2O3S2/c22-16-8-4-7-15(9-16)11-18-20(27)24(21(28)29-18)12-19(26)23-17(13-25)10-14-5-2-1-3-6-14/h1-9,11,17,25H,10,12-13H2,(H,23,26). The summed E-state index contributed by atoms with van der Waals surface area (Å²) in [4.78, 5) is 26.6. The van der Waals surface area contributed by atoms with E-state index in [0.29, 0.717) is 16.9 Å². The number of thiocarbonyl (C=S) groups is 1. The highest BCUT2D eigenvalue weighted by molar-refractivity contribution is 8.26. The smallest absolute Gasteiger partial charge is 0.266 e. The fourth-order valence-corrected chi connectivity index (χ4v) is 4.12. The molecule has 1 unspecified atom stereocenters. The molecule has 1 heterocycles. The first-order chi connectivity index (χ1) is 14.0. The van der Waals surface area contributed by atoms with Crippen LogP contribution in [-0.2, 0) is 16.0 Å². The number of carbonyl (C=O) groups is 2. The Labute approximate surface area is 177 Å². The molecule has 0 radical (unpaired) electrons. The topological polar surface area (TPSA) is 69.6 Å². The Bertz CT molecular complexity index is 950. The maximum absolute atomic E-state index is 13.3. The van der Waals surface area contributed by atoms with Crippen LogP contribution in [0.1, 0.15) is 11.1 Å². The van der Waals surface area contributed by atoms with Gasteiger partial charge in [0.25, 0.3) is 5.91 Å². The Balaban J connectivity index is 1.62. The van der Waals surface area contributed by atoms with Crippen molar-refractivity contribution in [2.24, 2.45) is 0 Å². The molecular weight excluding hydrogens is 411 g/mol. The summed E-state index contributed by atoms with van der Waals surface area (Å²) in [5, 5.41) is 12.3. The van der Waals surface area contributed by atoms with Crippen molar-refractivity contribution < 1.29 is 19.1 Å². The largest absolute Gasteiger partial charge is 0.394 e. The van der Waals surface area contributed by atoms with Gasteiger partial charge in [-0.15, -0.1) is 0 Å². The predicted molar refractivity (Wildman–Crippen MR) is 115 cm³/mol. The summed E-state index contributed by atoms with van der Waals surface area (Å²) in [5.41, 5.74) is 1.52. The van der Waals surface area contributed by atoms with Crippen LogP contribution in [0.4, 0.5) is 4.39 Å². The normalized spacial score (nSPS) is 16.3. The fourth-order valence-electron chi connectivity index (χ4n) is 2.86. The van der Waals surface area contributed by atoms with Crippen molar-refractivity contribution in [1.82, 2.24) is 10.2 Å². The molecule has 150 valence electrons. The zero-order valence-electron chi connectivity index (χ0n) is 15.4. The molecular formula is C21H19FN2O3S2. The number of hydrogen-bond donors (Lipinski definition) is 2. The number of benzene rings is 2. The van der Waals surface area contributed by atoms with Crippen molar-refractivity contribution in [3.63, 3.8) is 0 Å². The molecule has 1 atom stereocenters. The first kappa shape index (κ1) is 21.2. The molecule has 1 aliphatic rings. The highest BCUT2D eigenvalue weighted by Crippen LogP contribution is 2.32. The van der Waals surface area contributed by atoms with Crippen molar-refractivity contribution in [1.29, 1.82) is 0 Å². The Morgan fingerprint density at radius 2 is 2.00 bits per heavy atom. The monoisotopic (exact) mass is 430 g/mol. The lowest BCUT2D eigenvalue weighted by Gasteiger charge is -2.19. The fraction of sp³-hybridized carbons (Fsp3) is 0.190. The molecule has 0 bridgehead atoms. The van der Waals surface area contributed by atoms with Crippen LogP contribution in [-0.4, -0.2) is 45.3 Å². The minimum Gasteiger partial charge on any atom is -0.394 e. The van der Waals surface area contributed by atoms with Crippen LogP contribution in [0.3, 0.4) is 0 Å². The third-order valence-electron chi connectivity index (χ3n) is 4.23. The highest BCUT2D eigenvalue weighted by atomic mass is 32.2. The number of nitrogens with one attached hydrogen (secondary N) is 1. The molecule has 2 N–H and O–H groups in total. The highest BCUT2D eigenvalue weighted by Gasteiger charge is 2.33. The summed E-state index contributed by atoms with van der Waals surface area (Å²) in [7, 11) is 0. The lowest BCUT2D eigenvalue weighted by Crippen LogP contribution is -2.45. The SMILES string of the molecule is O=C(CN1C(=O)C(=Cc2cccc(F)c2)SC1=S)NC(CO)Cc1ccccc1. The number of amides is 2. The van der Waals surface area contributed by atoms with Crippen LogP contribution in [0.2, 0.25) is 0 Å². The van der Waals surface area contributed by atoms with Gasteiger partial charge in [-0.3, -0.25) is 14.5 Å². The summed E-state index contributed by atoms with van der Waals surface area (Å²) in [6, 6.07) is 14.9. The van der Waals surface area contributed by atoms with E-state index in [9.17, 15) is 19.1 Å². The second kappa shape index (κ2) is 9.78. The van der Waals surface area contributed by atoms with E-state index in [1.54, 1.807) is 18.2 Å². The van der Waals surface area contributed by atoms with Crippen LogP contribution < -0.4 is 5.32 Å². The number of rotatable bonds is 7. The molecule has 1 fully saturated rings. The van der Waals surface area contributed by atoms with Crippen LogP contribution in [0.5, 0.6) is 0 Å². The zero-order chi connectivity index (χ0) is 20.8. The van der Waals surface area contributed by atoms with Gasteiger partial charge in [-0.1, -0.05) is 66.4 Å². The number of aliphatic hydroxyl groups excluding tert-OH is 1. The van der Waals surface area contributed by atoms with Gasteiger partial charge in [0, 0.05) is 0 Å². The van der Waals surface area contributed by atoms with E-state index in [1.165, 1.54) is 17.0 Å². The number of nitrogens with zero attached hydrogens (tertiary/aromatic N) is 1. The summed E-state index contributed by atoms with van der Waals surface area (Å²) in [6.07, 6.45) is 2.02. The van der Waals surface area contributed by atoms with Crippen molar-refractivity contribution in [2.75, 3.05) is 13.2 Å². The van der Waals surface area contributed by atoms with E-state index in [1.807, 2.05) is 30.3 Å². The summed E-state index contributed by atoms with van der Waals surface area (Å²) < 4.78 is 13.6. The summed E-state index contributed by atoms with van der Waals surface area (Å²) in [6.45, 7) is -0.463. The van der Waals surface area contributed by atoms with Gasteiger partial charge in [0.15, 0.2) is 0 Å². The molecule has 3 rings (SSSR count). The quantitative estimate of drug-likeness (QED) is 0.522. The molecule has 29 heavy (non-hydrogen) atoms. The molecule has 2 aromatic rings. The third kappa shape index (κ3) is 5.72. The Morgan fingerprint density at radius 1 is 1.24 bits per heavy atom. The van der Waals surface area contributed by atoms with Gasteiger partial charge in [0.2, 0.25) is 5.91 Å². The Hall–Kier alpha value is -2.55. The maximum atomic E-state index is 13.3. The van der Waals surface area contributed by atoms with Gasteiger partial charge < -0.3 is 10.4 Å². The van der Waals surface area contributed by atoms with E-state index < -0.39 is 23.7 Å². The van der Waals surface area contributed by atoms with Crippen LogP contribution in [0.15, 0.2) is 59.5 Å². The van der Waals surface area contributed by atoms with Gasteiger partial charge in [-0.25, -0.2) is 4.39 Å². The van der Waals surface area contributed by atoms with Crippen molar-refractivity contribution >= 4 is 46.2 Å². The lowest BCUT2D eigenvalue weighted by molar-refractivity contribution is -0.129. The van der Waals surface area contributed by atoms with Crippen molar-refractivity contribution in [2.45, 2.75) is 12.5 Å². The van der Waals surface area contributed by atoms with Gasteiger partial charge >= 0.3 is 0 Å². The van der Waals surface area contributed by atoms with Crippen LogP contribution in [0.25, 0.3) is 6.08 Å². The molecule has 0 saturated carbocycles. The number of halogens is 1. The van der Waals surface area contributed by atoms with Gasteiger partial charge in [0.05, 0.1) is 17.6 Å². The van der Waals surface area contributed by atoms with Crippen molar-refractivity contribution in [3.8, 4) is 0 Å². The Morgan fingerprint density at radius 3 is 2.69 bits per heavy atom. The molecule has 2 amide bonds. The number of carbonyl (C=O) groups excluding carboxylic acids is 2. The molecule has 1 aliphatic heterocycles. The molecule has 5 nitrogen and oxygen atoms in total. The van der Waals surface area contributed by atoms with E-state index in [0.717, 1.165) is 17.3 Å². The molecule has 1 saturated heterocycles. The molecule has 0 aromatic heterocycles. The molecule has 8 heteroatoms. The Kier molecular flexibility index (Phi) is 7.13. The first-order valence-electron chi connectivity index (χ1n) is 8.91. The average Bonchev–Trinajstić information content (AvgIpc) is 2.95. The average molecular weight is 431 g/mol. The molecule has 0 spiro atoms. The minimum atomic E-state index is -0.467. The number of thioether (sulfide) groups is 1. The van der Waals surface area contributed by atoms with Crippen LogP contribution >= 0.6 is 24.0 Å². The third-order valence-corrected chi connectivity index (χ3v) is 5.61. The number of hydrogen-bond acceptors (Lipinski definition) is 5. The van der Waals surface area contributed by atoms with Gasteiger partial charge in [0.1, 0.15) is 16.7 Å². The van der Waals surface area contributed by atoms with Crippen molar-refractivity contribution in [3.05, 3.63) is 76.4 Å². The van der Waals surface area contributed by atoms with Crippen LogP contribution in [0, 0.1) is 5.82 Å². The molecule has 0 aliphatic carbocycles. The zero-order valence-corrected chi connectivity index (χ0v) is 17.0. The van der Waals surface area contributed by atoms with E-state index in [2.05, 4.69) is 5.32 Å². The molecule has 2 aromatic carbocycles. The van der Waals surface area contributed by atoms with E-state index in [-0.39, 0.29) is 17.5 Å². The minimum absolute atomic E-state index is 0.224. The lowest BCUT2D eigenvalue weighted by atomic mass is 10.1. The summed E-state index contributed by atoms with van der Waals surface area (Å²) >= 11 is 6.29. The van der Waals surface area contributed by atoms with Gasteiger partial charge in [-0.2, -0.15) is 0 Å². The second-order valence-electron chi connectivity index (χ2n) is 6.46. The summed E-state index contributed by atoms with van der Waals surface area (Å²) in [5.74, 6) is -1.21. The first-order valence-corrected chi connectivity index (χ1v) is 10.1. The predicted octanol–water partition coefficient (Wildman–Crippen LogP) is 2.75. The van der Waals surface area contributed by atoms with E-state index >= 15 is 0 Å². The second-order valence-corrected chi connectivity index (χ2v) is 8.14. The van der Waals surface area contributed by atoms with E-state index in [4.69, 9.17) is 12.2 Å².